The van der Waals surface area contributed by atoms with Crippen LogP contribution in [0.5, 0.6) is 5.88 Å². The van der Waals surface area contributed by atoms with Crippen LogP contribution in [0.3, 0.4) is 0 Å². The summed E-state index contributed by atoms with van der Waals surface area (Å²) >= 11 is 0. The van der Waals surface area contributed by atoms with Crippen LogP contribution in [-0.2, 0) is 24.3 Å². The van der Waals surface area contributed by atoms with Gasteiger partial charge in [0.05, 0.1) is 18.3 Å². The Labute approximate surface area is 194 Å². The summed E-state index contributed by atoms with van der Waals surface area (Å²) in [4.78, 5) is 8.75. The maximum atomic E-state index is 15.0. The van der Waals surface area contributed by atoms with E-state index in [1.54, 1.807) is 30.5 Å². The van der Waals surface area contributed by atoms with Crippen molar-refractivity contribution in [1.29, 1.82) is 0 Å². The van der Waals surface area contributed by atoms with Gasteiger partial charge in [-0.2, -0.15) is 0 Å². The molecule has 5 rings (SSSR count). The molecular weight excluding hydrogens is 443 g/mol. The summed E-state index contributed by atoms with van der Waals surface area (Å²) in [5, 5.41) is 0. The number of aromatic nitrogens is 3. The standard InChI is InChI=1S/C26H22F3N3O2/c27-19-6-5-18(22(28)14-19)16-34-26-3-1-2-24(31-26)21-7-4-17(12-23(21)29)13-25-30-9-10-32(25)15-20-8-11-33-20/h1-7,9-10,12,14,20H,8,11,13,15-16H2/t20-/m0/s1. The van der Waals surface area contributed by atoms with E-state index >= 15 is 0 Å². The van der Waals surface area contributed by atoms with Crippen molar-refractivity contribution in [3.63, 3.8) is 0 Å². The summed E-state index contributed by atoms with van der Waals surface area (Å²) in [6.07, 6.45) is 5.40. The van der Waals surface area contributed by atoms with Gasteiger partial charge in [-0.05, 0) is 42.3 Å². The third kappa shape index (κ3) is 4.97. The molecule has 8 heteroatoms. The van der Waals surface area contributed by atoms with Crippen molar-refractivity contribution in [2.75, 3.05) is 6.61 Å². The number of hydrogen-bond donors (Lipinski definition) is 0. The molecule has 0 aliphatic carbocycles. The first kappa shape index (κ1) is 22.2. The van der Waals surface area contributed by atoms with E-state index in [1.807, 2.05) is 16.8 Å². The summed E-state index contributed by atoms with van der Waals surface area (Å²) in [5.41, 5.74) is 1.71. The number of benzene rings is 2. The highest BCUT2D eigenvalue weighted by molar-refractivity contribution is 5.61. The van der Waals surface area contributed by atoms with Crippen molar-refractivity contribution in [1.82, 2.24) is 14.5 Å². The average Bonchev–Trinajstić information content (AvgIpc) is 3.22. The van der Waals surface area contributed by atoms with Gasteiger partial charge in [0.1, 0.15) is 29.9 Å². The quantitative estimate of drug-likeness (QED) is 0.353. The van der Waals surface area contributed by atoms with E-state index in [2.05, 4.69) is 9.97 Å². The van der Waals surface area contributed by atoms with Gasteiger partial charge in [-0.1, -0.05) is 12.1 Å². The number of imidazole rings is 1. The Balaban J connectivity index is 1.28. The van der Waals surface area contributed by atoms with Crippen molar-refractivity contribution < 1.29 is 22.6 Å². The highest BCUT2D eigenvalue weighted by Gasteiger charge is 2.20. The summed E-state index contributed by atoms with van der Waals surface area (Å²) in [7, 11) is 0. The summed E-state index contributed by atoms with van der Waals surface area (Å²) in [6.45, 7) is 1.42. The fraction of sp³-hybridized carbons (Fsp3) is 0.231. The first-order chi connectivity index (χ1) is 16.5. The predicted octanol–water partition coefficient (Wildman–Crippen LogP) is 5.32. The molecule has 1 aliphatic heterocycles. The van der Waals surface area contributed by atoms with Gasteiger partial charge in [0.2, 0.25) is 5.88 Å². The van der Waals surface area contributed by atoms with Gasteiger partial charge in [-0.15, -0.1) is 0 Å². The molecule has 1 atom stereocenters. The molecule has 0 radical (unpaired) electrons. The van der Waals surface area contributed by atoms with Crippen molar-refractivity contribution in [3.8, 4) is 17.1 Å². The van der Waals surface area contributed by atoms with Gasteiger partial charge in [0, 0.05) is 48.7 Å². The van der Waals surface area contributed by atoms with Crippen molar-refractivity contribution in [2.45, 2.75) is 32.1 Å². The Kier molecular flexibility index (Phi) is 6.31. The van der Waals surface area contributed by atoms with Crippen LogP contribution in [0.15, 0.2) is 67.0 Å². The van der Waals surface area contributed by atoms with Gasteiger partial charge < -0.3 is 14.0 Å². The van der Waals surface area contributed by atoms with E-state index in [1.165, 1.54) is 12.1 Å². The lowest BCUT2D eigenvalue weighted by atomic mass is 10.1. The number of rotatable bonds is 8. The second kappa shape index (κ2) is 9.69. The third-order valence-corrected chi connectivity index (χ3v) is 5.78. The zero-order chi connectivity index (χ0) is 23.5. The molecule has 0 bridgehead atoms. The number of nitrogens with zero attached hydrogens (tertiary/aromatic N) is 3. The number of halogens is 3. The fourth-order valence-corrected chi connectivity index (χ4v) is 3.82. The topological polar surface area (TPSA) is 49.2 Å². The monoisotopic (exact) mass is 465 g/mol. The molecule has 3 heterocycles. The first-order valence-electron chi connectivity index (χ1n) is 11.0. The van der Waals surface area contributed by atoms with Crippen LogP contribution >= 0.6 is 0 Å². The van der Waals surface area contributed by atoms with Gasteiger partial charge >= 0.3 is 0 Å². The van der Waals surface area contributed by atoms with Crippen LogP contribution in [0.2, 0.25) is 0 Å². The molecule has 0 spiro atoms. The molecule has 0 saturated carbocycles. The van der Waals surface area contributed by atoms with Crippen LogP contribution in [0.1, 0.15) is 23.4 Å². The van der Waals surface area contributed by atoms with Crippen LogP contribution in [-0.4, -0.2) is 27.2 Å². The minimum Gasteiger partial charge on any atom is -0.473 e. The minimum absolute atomic E-state index is 0.122. The lowest BCUT2D eigenvalue weighted by molar-refractivity contribution is -0.0595. The maximum absolute atomic E-state index is 15.0. The van der Waals surface area contributed by atoms with Crippen LogP contribution in [0, 0.1) is 17.5 Å². The zero-order valence-electron chi connectivity index (χ0n) is 18.3. The Bertz CT molecular complexity index is 1300. The molecule has 1 fully saturated rings. The molecule has 0 unspecified atom stereocenters. The molecule has 174 valence electrons. The van der Waals surface area contributed by atoms with Gasteiger partial charge in [-0.25, -0.2) is 23.1 Å². The SMILES string of the molecule is Fc1ccc(COc2cccc(-c3ccc(Cc4nccn4C[C@@H]4CCO4)cc3F)n2)c(F)c1. The van der Waals surface area contributed by atoms with Crippen LogP contribution in [0.4, 0.5) is 13.2 Å². The molecule has 1 aliphatic rings. The van der Waals surface area contributed by atoms with E-state index < -0.39 is 17.5 Å². The number of ether oxygens (including phenoxy) is 2. The number of pyridine rings is 1. The van der Waals surface area contributed by atoms with E-state index in [0.29, 0.717) is 17.7 Å². The molecule has 1 saturated heterocycles. The fourth-order valence-electron chi connectivity index (χ4n) is 3.82. The lowest BCUT2D eigenvalue weighted by Gasteiger charge is -2.27. The zero-order valence-corrected chi connectivity index (χ0v) is 18.3. The Morgan fingerprint density at radius 1 is 1.03 bits per heavy atom. The van der Waals surface area contributed by atoms with Crippen molar-refractivity contribution >= 4 is 0 Å². The Hall–Kier alpha value is -3.65. The van der Waals surface area contributed by atoms with Crippen molar-refractivity contribution in [3.05, 3.63) is 101 Å². The van der Waals surface area contributed by atoms with Crippen LogP contribution in [0.25, 0.3) is 11.3 Å². The van der Waals surface area contributed by atoms with E-state index in [0.717, 1.165) is 43.1 Å². The highest BCUT2D eigenvalue weighted by atomic mass is 19.1. The molecule has 4 aromatic rings. The second-order valence-corrected chi connectivity index (χ2v) is 8.15. The average molecular weight is 465 g/mol. The molecule has 0 amide bonds. The summed E-state index contributed by atoms with van der Waals surface area (Å²) in [5.74, 6) is -0.698. The maximum Gasteiger partial charge on any atom is 0.214 e. The Morgan fingerprint density at radius 3 is 2.68 bits per heavy atom. The largest absolute Gasteiger partial charge is 0.473 e. The molecule has 0 N–H and O–H groups in total. The normalized spacial score (nSPS) is 15.2. The first-order valence-corrected chi connectivity index (χ1v) is 11.0. The number of hydrogen-bond acceptors (Lipinski definition) is 4. The molecular formula is C26H22F3N3O2. The molecule has 2 aromatic carbocycles. The van der Waals surface area contributed by atoms with Crippen LogP contribution < -0.4 is 4.74 Å². The highest BCUT2D eigenvalue weighted by Crippen LogP contribution is 2.25. The summed E-state index contributed by atoms with van der Waals surface area (Å²) < 4.78 is 55.0. The summed E-state index contributed by atoms with van der Waals surface area (Å²) in [6, 6.07) is 13.2. The minimum atomic E-state index is -0.696. The Morgan fingerprint density at radius 2 is 1.91 bits per heavy atom. The molecule has 2 aromatic heterocycles. The molecule has 34 heavy (non-hydrogen) atoms. The van der Waals surface area contributed by atoms with Gasteiger partial charge in [-0.3, -0.25) is 0 Å². The lowest BCUT2D eigenvalue weighted by Crippen LogP contribution is -2.31. The van der Waals surface area contributed by atoms with Gasteiger partial charge in [0.15, 0.2) is 0 Å². The van der Waals surface area contributed by atoms with E-state index in [9.17, 15) is 13.2 Å². The van der Waals surface area contributed by atoms with E-state index in [4.69, 9.17) is 9.47 Å². The van der Waals surface area contributed by atoms with E-state index in [-0.39, 0.29) is 24.2 Å². The second-order valence-electron chi connectivity index (χ2n) is 8.15. The predicted molar refractivity (Wildman–Crippen MR) is 120 cm³/mol. The molecule has 5 nitrogen and oxygen atoms in total. The third-order valence-electron chi connectivity index (χ3n) is 5.78. The van der Waals surface area contributed by atoms with Gasteiger partial charge in [0.25, 0.3) is 0 Å². The van der Waals surface area contributed by atoms with Crippen molar-refractivity contribution in [2.24, 2.45) is 0 Å². The smallest absolute Gasteiger partial charge is 0.214 e.